The van der Waals surface area contributed by atoms with Gasteiger partial charge < -0.3 is 19.9 Å². The predicted octanol–water partition coefficient (Wildman–Crippen LogP) is -3.54. The number of aromatic nitrogens is 2. The van der Waals surface area contributed by atoms with E-state index in [1.807, 2.05) is 6.92 Å². The molecule has 138 valence electrons. The van der Waals surface area contributed by atoms with Crippen molar-refractivity contribution >= 4 is 44.4 Å². The molecule has 0 radical (unpaired) electrons. The SMILES string of the molecule is C[C@@H](O)[C@H]1C(=O)N2C(C(=O)[O-])=C(c3cn4cnc(S(C)=O)c4s3)[C@H](C)[C@H]12.[Na+]. The molecule has 0 bridgehead atoms. The molecule has 1 amide bonds. The third kappa shape index (κ3) is 2.85. The first kappa shape index (κ1) is 20.7. The molecular formula is C16H16N3NaO5S2. The minimum Gasteiger partial charge on any atom is -0.543 e. The van der Waals surface area contributed by atoms with Crippen molar-refractivity contribution < 1.29 is 53.6 Å². The van der Waals surface area contributed by atoms with E-state index in [1.54, 1.807) is 10.6 Å². The van der Waals surface area contributed by atoms with Crippen molar-refractivity contribution in [1.82, 2.24) is 14.3 Å². The van der Waals surface area contributed by atoms with Crippen LogP contribution in [0.2, 0.25) is 0 Å². The smallest absolute Gasteiger partial charge is 0.543 e. The average molecular weight is 417 g/mol. The number of rotatable bonds is 4. The molecule has 27 heavy (non-hydrogen) atoms. The molecule has 2 aliphatic heterocycles. The Kier molecular flexibility index (Phi) is 5.43. The maximum absolute atomic E-state index is 12.4. The molecule has 0 aliphatic carbocycles. The van der Waals surface area contributed by atoms with Crippen LogP contribution in [0.15, 0.2) is 23.2 Å². The molecule has 4 rings (SSSR count). The van der Waals surface area contributed by atoms with Crippen molar-refractivity contribution in [2.24, 2.45) is 11.8 Å². The first-order valence-corrected chi connectivity index (χ1v) is 10.4. The molecule has 1 saturated heterocycles. The zero-order valence-electron chi connectivity index (χ0n) is 15.2. The van der Waals surface area contributed by atoms with Gasteiger partial charge in [0.05, 0.1) is 45.4 Å². The van der Waals surface area contributed by atoms with Gasteiger partial charge in [-0.2, -0.15) is 0 Å². The van der Waals surface area contributed by atoms with Gasteiger partial charge in [0.2, 0.25) is 5.91 Å². The Balaban J connectivity index is 0.00000210. The van der Waals surface area contributed by atoms with Crippen LogP contribution < -0.4 is 34.7 Å². The fraction of sp³-hybridized carbons (Fsp3) is 0.438. The molecule has 1 N–H and O–H groups in total. The van der Waals surface area contributed by atoms with Gasteiger partial charge in [-0.05, 0) is 6.92 Å². The first-order valence-electron chi connectivity index (χ1n) is 8.01. The molecule has 11 heteroatoms. The van der Waals surface area contributed by atoms with E-state index in [0.29, 0.717) is 20.3 Å². The van der Waals surface area contributed by atoms with Crippen molar-refractivity contribution in [3.63, 3.8) is 0 Å². The van der Waals surface area contributed by atoms with Crippen LogP contribution in [-0.4, -0.2) is 53.9 Å². The molecular weight excluding hydrogens is 401 g/mol. The monoisotopic (exact) mass is 417 g/mol. The minimum atomic E-state index is -1.41. The summed E-state index contributed by atoms with van der Waals surface area (Å²) < 4.78 is 13.5. The van der Waals surface area contributed by atoms with Crippen LogP contribution in [0.3, 0.4) is 0 Å². The molecule has 4 heterocycles. The number of aliphatic carboxylic acids is 1. The maximum atomic E-state index is 12.4. The summed E-state index contributed by atoms with van der Waals surface area (Å²) in [6.45, 7) is 3.38. The summed E-state index contributed by atoms with van der Waals surface area (Å²) in [6, 6.07) is -0.398. The van der Waals surface area contributed by atoms with Gasteiger partial charge in [0.1, 0.15) is 11.2 Å². The summed E-state index contributed by atoms with van der Waals surface area (Å²) in [5.74, 6) is -2.70. The molecule has 2 aromatic rings. The fourth-order valence-electron chi connectivity index (χ4n) is 3.98. The van der Waals surface area contributed by atoms with Gasteiger partial charge in [-0.15, -0.1) is 11.3 Å². The molecule has 0 spiro atoms. The van der Waals surface area contributed by atoms with E-state index < -0.39 is 40.7 Å². The number of imidazole rings is 1. The number of fused-ring (bicyclic) bond motifs is 2. The van der Waals surface area contributed by atoms with Gasteiger partial charge in [-0.3, -0.25) is 13.4 Å². The number of hydrogen-bond acceptors (Lipinski definition) is 7. The topological polar surface area (TPSA) is 115 Å². The Morgan fingerprint density at radius 1 is 1.48 bits per heavy atom. The van der Waals surface area contributed by atoms with E-state index in [4.69, 9.17) is 0 Å². The summed E-state index contributed by atoms with van der Waals surface area (Å²) in [6.07, 6.45) is 3.94. The second-order valence-corrected chi connectivity index (χ2v) is 8.94. The van der Waals surface area contributed by atoms with Gasteiger partial charge in [0.15, 0.2) is 5.03 Å². The van der Waals surface area contributed by atoms with Crippen molar-refractivity contribution in [2.45, 2.75) is 31.0 Å². The van der Waals surface area contributed by atoms with Crippen LogP contribution in [0.25, 0.3) is 10.4 Å². The van der Waals surface area contributed by atoms with E-state index in [0.717, 1.165) is 0 Å². The number of hydrogen-bond donors (Lipinski definition) is 1. The van der Waals surface area contributed by atoms with E-state index >= 15 is 0 Å². The Labute approximate surface area is 183 Å². The standard InChI is InChI=1S/C16H17N3O5S2.Na/c1-6-9(8-4-18-5-17-13(26(3)24)15(18)25-8)12(16(22)23)19-11(6)10(7(2)20)14(19)21;/h4-7,10-11,20H,1-3H3,(H,22,23);/q;+1/p-1/t6-,7+,10+,11+,26?;/m0./s1. The molecule has 2 aromatic heterocycles. The number of aliphatic hydroxyl groups excluding tert-OH is 1. The van der Waals surface area contributed by atoms with Crippen molar-refractivity contribution in [3.05, 3.63) is 23.1 Å². The zero-order chi connectivity index (χ0) is 18.9. The number of β-lactam (4-membered cyclic amide) rings is 1. The van der Waals surface area contributed by atoms with Crippen LogP contribution in [0.1, 0.15) is 18.7 Å². The van der Waals surface area contributed by atoms with Gasteiger partial charge in [0.25, 0.3) is 0 Å². The molecule has 0 saturated carbocycles. The molecule has 8 nitrogen and oxygen atoms in total. The molecule has 5 atom stereocenters. The van der Waals surface area contributed by atoms with Crippen molar-refractivity contribution in [2.75, 3.05) is 6.26 Å². The Morgan fingerprint density at radius 3 is 2.70 bits per heavy atom. The number of carbonyl (C=O) groups is 2. The van der Waals surface area contributed by atoms with Crippen LogP contribution >= 0.6 is 11.3 Å². The first-order chi connectivity index (χ1) is 12.2. The number of aliphatic hydroxyl groups is 1. The largest absolute Gasteiger partial charge is 1.00 e. The summed E-state index contributed by atoms with van der Waals surface area (Å²) in [5.41, 5.74) is 0.370. The van der Waals surface area contributed by atoms with E-state index in [2.05, 4.69) is 4.98 Å². The maximum Gasteiger partial charge on any atom is 1.00 e. The molecule has 1 unspecified atom stereocenters. The van der Waals surface area contributed by atoms with Crippen molar-refractivity contribution in [3.8, 4) is 0 Å². The summed E-state index contributed by atoms with van der Waals surface area (Å²) >= 11 is 1.28. The Hall–Kier alpha value is -1.04. The molecule has 1 fully saturated rings. The fourth-order valence-corrected chi connectivity index (χ4v) is 6.12. The van der Waals surface area contributed by atoms with Crippen LogP contribution in [0.4, 0.5) is 0 Å². The number of carboxylic acid groups (broad SMARTS) is 1. The van der Waals surface area contributed by atoms with Crippen LogP contribution in [0, 0.1) is 11.8 Å². The van der Waals surface area contributed by atoms with E-state index in [9.17, 15) is 24.0 Å². The summed E-state index contributed by atoms with van der Waals surface area (Å²) in [4.78, 5) is 30.8. The average Bonchev–Trinajstić information content (AvgIpc) is 3.16. The van der Waals surface area contributed by atoms with Gasteiger partial charge >= 0.3 is 29.6 Å². The zero-order valence-corrected chi connectivity index (χ0v) is 18.8. The number of carboxylic acids is 1. The van der Waals surface area contributed by atoms with Gasteiger partial charge in [-0.1, -0.05) is 6.92 Å². The van der Waals surface area contributed by atoms with Crippen LogP contribution in [0.5, 0.6) is 0 Å². The van der Waals surface area contributed by atoms with Gasteiger partial charge in [0, 0.05) is 23.9 Å². The van der Waals surface area contributed by atoms with Gasteiger partial charge in [-0.25, -0.2) is 4.98 Å². The summed E-state index contributed by atoms with van der Waals surface area (Å²) in [7, 11) is -1.27. The normalized spacial score (nSPS) is 26.6. The second kappa shape index (κ2) is 7.09. The third-order valence-electron chi connectivity index (χ3n) is 5.08. The quantitative estimate of drug-likeness (QED) is 0.407. The number of carbonyl (C=O) groups excluding carboxylic acids is 2. The van der Waals surface area contributed by atoms with E-state index in [-0.39, 0.29) is 41.2 Å². The Morgan fingerprint density at radius 2 is 2.15 bits per heavy atom. The number of amides is 1. The predicted molar refractivity (Wildman–Crippen MR) is 92.3 cm³/mol. The number of thiazole rings is 1. The summed E-state index contributed by atoms with van der Waals surface area (Å²) in [5, 5.41) is 22.1. The van der Waals surface area contributed by atoms with Crippen molar-refractivity contribution in [1.29, 1.82) is 0 Å². The molecule has 0 aromatic carbocycles. The number of nitrogens with zero attached hydrogens (tertiary/aromatic N) is 3. The second-order valence-electron chi connectivity index (χ2n) is 6.62. The van der Waals surface area contributed by atoms with E-state index in [1.165, 1.54) is 35.7 Å². The molecule has 2 aliphatic rings. The third-order valence-corrected chi connectivity index (χ3v) is 7.20. The van der Waals surface area contributed by atoms with Crippen LogP contribution in [-0.2, 0) is 20.4 Å². The Bertz CT molecular complexity index is 1010. The minimum absolute atomic E-state index is 0.